The Balaban J connectivity index is 2.75. The number of anilines is 1. The molecule has 1 aromatic rings. The Bertz CT molecular complexity index is 413. The lowest BCUT2D eigenvalue weighted by Gasteiger charge is -2.25. The monoisotopic (exact) mass is 252 g/mol. The highest BCUT2D eigenvalue weighted by Gasteiger charge is 2.17. The van der Waals surface area contributed by atoms with Crippen LogP contribution >= 0.6 is 0 Å². The van der Waals surface area contributed by atoms with Gasteiger partial charge in [0.05, 0.1) is 6.54 Å². The van der Waals surface area contributed by atoms with E-state index in [1.165, 1.54) is 12.1 Å². The van der Waals surface area contributed by atoms with E-state index in [0.29, 0.717) is 12.2 Å². The molecule has 0 saturated heterocycles. The zero-order chi connectivity index (χ0) is 13.8. The topological polar surface area (TPSA) is 32.3 Å². The van der Waals surface area contributed by atoms with Gasteiger partial charge in [0.2, 0.25) is 5.91 Å². The van der Waals surface area contributed by atoms with Crippen molar-refractivity contribution in [1.29, 1.82) is 0 Å². The van der Waals surface area contributed by atoms with Gasteiger partial charge in [0, 0.05) is 17.8 Å². The minimum atomic E-state index is -0.331. The molecule has 0 aliphatic carbocycles. The van der Waals surface area contributed by atoms with Crippen molar-refractivity contribution in [3.8, 4) is 0 Å². The van der Waals surface area contributed by atoms with Gasteiger partial charge in [-0.2, -0.15) is 0 Å². The number of rotatable bonds is 4. The quantitative estimate of drug-likeness (QED) is 0.893. The molecule has 0 saturated carbocycles. The summed E-state index contributed by atoms with van der Waals surface area (Å²) < 4.78 is 13.1. The summed E-state index contributed by atoms with van der Waals surface area (Å²) in [6.07, 6.45) is 0. The fourth-order valence-corrected chi connectivity index (χ4v) is 1.58. The van der Waals surface area contributed by atoms with Gasteiger partial charge in [-0.15, -0.1) is 0 Å². The molecule has 0 aromatic heterocycles. The van der Waals surface area contributed by atoms with Gasteiger partial charge in [-0.05, 0) is 45.9 Å². The molecule has 100 valence electrons. The number of nitrogens with one attached hydrogen (secondary N) is 1. The lowest BCUT2D eigenvalue weighted by molar-refractivity contribution is -0.118. The third kappa shape index (κ3) is 4.45. The number of hydrogen-bond acceptors (Lipinski definition) is 2. The van der Waals surface area contributed by atoms with Crippen LogP contribution in [0.1, 0.15) is 27.7 Å². The minimum absolute atomic E-state index is 0.0574. The number of benzene rings is 1. The molecule has 0 radical (unpaired) electrons. The van der Waals surface area contributed by atoms with Gasteiger partial charge in [0.1, 0.15) is 5.82 Å². The van der Waals surface area contributed by atoms with Crippen molar-refractivity contribution in [2.45, 2.75) is 33.2 Å². The Kier molecular flexibility index (Phi) is 4.84. The largest absolute Gasteiger partial charge is 0.311 e. The molecule has 1 N–H and O–H groups in total. The number of carbonyl (C=O) groups is 1. The minimum Gasteiger partial charge on any atom is -0.311 e. The van der Waals surface area contributed by atoms with E-state index in [9.17, 15) is 9.18 Å². The molecule has 18 heavy (non-hydrogen) atoms. The van der Waals surface area contributed by atoms with Crippen molar-refractivity contribution >= 4 is 11.6 Å². The highest BCUT2D eigenvalue weighted by Crippen LogP contribution is 2.15. The van der Waals surface area contributed by atoms with E-state index in [2.05, 4.69) is 5.32 Å². The summed E-state index contributed by atoms with van der Waals surface area (Å²) in [5.74, 6) is -0.388. The van der Waals surface area contributed by atoms with Gasteiger partial charge in [0.15, 0.2) is 0 Å². The number of nitrogens with zero attached hydrogens (tertiary/aromatic N) is 1. The second-order valence-electron chi connectivity index (χ2n) is 5.22. The third-order valence-electron chi connectivity index (χ3n) is 2.51. The van der Waals surface area contributed by atoms with E-state index in [1.54, 1.807) is 17.0 Å². The van der Waals surface area contributed by atoms with E-state index < -0.39 is 0 Å². The summed E-state index contributed by atoms with van der Waals surface area (Å²) >= 11 is 0. The van der Waals surface area contributed by atoms with Crippen molar-refractivity contribution in [2.75, 3.05) is 18.0 Å². The molecule has 0 unspecified atom stereocenters. The molecule has 4 heteroatoms. The van der Waals surface area contributed by atoms with E-state index in [-0.39, 0.29) is 23.8 Å². The average Bonchev–Trinajstić information content (AvgIpc) is 2.26. The maximum Gasteiger partial charge on any atom is 0.240 e. The number of carbonyl (C=O) groups excluding carboxylic acids is 1. The lowest BCUT2D eigenvalue weighted by Crippen LogP contribution is -2.45. The van der Waals surface area contributed by atoms with Gasteiger partial charge in [-0.1, -0.05) is 6.07 Å². The second-order valence-corrected chi connectivity index (χ2v) is 5.22. The second kappa shape index (κ2) is 5.96. The van der Waals surface area contributed by atoms with Crippen LogP contribution in [0.4, 0.5) is 10.1 Å². The summed E-state index contributed by atoms with van der Waals surface area (Å²) in [5.41, 5.74) is 0.481. The SMILES string of the molecule is CCN(C(=O)CNC(C)(C)C)c1cccc(F)c1. The summed E-state index contributed by atoms with van der Waals surface area (Å²) in [6, 6.07) is 6.09. The first-order chi connectivity index (χ1) is 8.33. The molecule has 1 amide bonds. The van der Waals surface area contributed by atoms with Crippen molar-refractivity contribution in [3.05, 3.63) is 30.1 Å². The Morgan fingerprint density at radius 2 is 2.06 bits per heavy atom. The molecule has 0 bridgehead atoms. The molecule has 0 atom stereocenters. The Labute approximate surface area is 108 Å². The van der Waals surface area contributed by atoms with Crippen LogP contribution in [0.25, 0.3) is 0 Å². The van der Waals surface area contributed by atoms with E-state index in [4.69, 9.17) is 0 Å². The molecule has 0 spiro atoms. The predicted molar refractivity (Wildman–Crippen MR) is 72.2 cm³/mol. The average molecular weight is 252 g/mol. The van der Waals surface area contributed by atoms with E-state index >= 15 is 0 Å². The van der Waals surface area contributed by atoms with Gasteiger partial charge in [0.25, 0.3) is 0 Å². The maximum atomic E-state index is 13.1. The van der Waals surface area contributed by atoms with Crippen LogP contribution in [0.15, 0.2) is 24.3 Å². The molecule has 1 aromatic carbocycles. The number of hydrogen-bond donors (Lipinski definition) is 1. The molecule has 0 heterocycles. The molecule has 3 nitrogen and oxygen atoms in total. The Morgan fingerprint density at radius 3 is 2.56 bits per heavy atom. The van der Waals surface area contributed by atoms with Crippen molar-refractivity contribution in [1.82, 2.24) is 5.32 Å². The van der Waals surface area contributed by atoms with Crippen LogP contribution in [0.2, 0.25) is 0 Å². The van der Waals surface area contributed by atoms with E-state index in [1.807, 2.05) is 27.7 Å². The predicted octanol–water partition coefficient (Wildman–Crippen LogP) is 2.57. The standard InChI is InChI=1S/C14H21FN2O/c1-5-17(12-8-6-7-11(15)9-12)13(18)10-16-14(2,3)4/h6-9,16H,5,10H2,1-4H3. The summed E-state index contributed by atoms with van der Waals surface area (Å²) in [4.78, 5) is 13.6. The van der Waals surface area contributed by atoms with Crippen LogP contribution in [0.3, 0.4) is 0 Å². The van der Waals surface area contributed by atoms with Crippen molar-refractivity contribution in [3.63, 3.8) is 0 Å². The van der Waals surface area contributed by atoms with Crippen molar-refractivity contribution < 1.29 is 9.18 Å². The molecule has 0 aliphatic heterocycles. The lowest BCUT2D eigenvalue weighted by atomic mass is 10.1. The first-order valence-electron chi connectivity index (χ1n) is 6.14. The molecule has 0 fully saturated rings. The Hall–Kier alpha value is -1.42. The highest BCUT2D eigenvalue weighted by molar-refractivity contribution is 5.94. The zero-order valence-corrected chi connectivity index (χ0v) is 11.5. The highest BCUT2D eigenvalue weighted by atomic mass is 19.1. The summed E-state index contributed by atoms with van der Waals surface area (Å²) in [7, 11) is 0. The fraction of sp³-hybridized carbons (Fsp3) is 0.500. The summed E-state index contributed by atoms with van der Waals surface area (Å²) in [5, 5.41) is 3.14. The smallest absolute Gasteiger partial charge is 0.240 e. The van der Waals surface area contributed by atoms with Gasteiger partial charge in [-0.3, -0.25) is 4.79 Å². The van der Waals surface area contributed by atoms with Gasteiger partial charge >= 0.3 is 0 Å². The maximum absolute atomic E-state index is 13.1. The first kappa shape index (κ1) is 14.6. The molecule has 1 rings (SSSR count). The van der Waals surface area contributed by atoms with E-state index in [0.717, 1.165) is 0 Å². The molecule has 0 aliphatic rings. The van der Waals surface area contributed by atoms with Crippen LogP contribution in [0.5, 0.6) is 0 Å². The fourth-order valence-electron chi connectivity index (χ4n) is 1.58. The van der Waals surface area contributed by atoms with Crippen LogP contribution in [-0.4, -0.2) is 24.5 Å². The third-order valence-corrected chi connectivity index (χ3v) is 2.51. The molecular formula is C14H21FN2O. The molecular weight excluding hydrogens is 231 g/mol. The first-order valence-corrected chi connectivity index (χ1v) is 6.14. The van der Waals surface area contributed by atoms with Crippen molar-refractivity contribution in [2.24, 2.45) is 0 Å². The number of amides is 1. The zero-order valence-electron chi connectivity index (χ0n) is 11.5. The summed E-state index contributed by atoms with van der Waals surface area (Å²) in [6.45, 7) is 8.64. The van der Waals surface area contributed by atoms with Crippen LogP contribution in [-0.2, 0) is 4.79 Å². The Morgan fingerprint density at radius 1 is 1.39 bits per heavy atom. The van der Waals surface area contributed by atoms with Crippen LogP contribution in [0, 0.1) is 5.82 Å². The van der Waals surface area contributed by atoms with Gasteiger partial charge in [-0.25, -0.2) is 4.39 Å². The number of likely N-dealkylation sites (N-methyl/N-ethyl adjacent to an activating group) is 1. The van der Waals surface area contributed by atoms with Gasteiger partial charge < -0.3 is 10.2 Å². The normalized spacial score (nSPS) is 11.4. The number of halogens is 1. The van der Waals surface area contributed by atoms with Crippen LogP contribution < -0.4 is 10.2 Å².